The van der Waals surface area contributed by atoms with Crippen molar-refractivity contribution in [2.24, 2.45) is 0 Å². The molecule has 20 heavy (non-hydrogen) atoms. The average molecular weight is 273 g/mol. The van der Waals surface area contributed by atoms with Gasteiger partial charge in [-0.25, -0.2) is 4.98 Å². The summed E-state index contributed by atoms with van der Waals surface area (Å²) < 4.78 is 0. The molecule has 1 atom stereocenters. The van der Waals surface area contributed by atoms with E-state index in [9.17, 15) is 0 Å². The van der Waals surface area contributed by atoms with Crippen LogP contribution in [0.4, 0.5) is 11.5 Å². The van der Waals surface area contributed by atoms with E-state index in [1.807, 2.05) is 0 Å². The molecular formula is C15H23N5. The number of rotatable bonds is 5. The van der Waals surface area contributed by atoms with Crippen molar-refractivity contribution in [1.82, 2.24) is 9.88 Å². The lowest BCUT2D eigenvalue weighted by atomic mass is 10.0. The second-order valence-corrected chi connectivity index (χ2v) is 5.39. The summed E-state index contributed by atoms with van der Waals surface area (Å²) in [5.41, 5.74) is 6.81. The van der Waals surface area contributed by atoms with Crippen LogP contribution in [0.1, 0.15) is 38.2 Å². The Morgan fingerprint density at radius 2 is 2.40 bits per heavy atom. The lowest BCUT2D eigenvalue weighted by molar-refractivity contribution is 0.160. The number of hydrogen-bond donors (Lipinski definition) is 2. The van der Waals surface area contributed by atoms with E-state index in [0.29, 0.717) is 23.1 Å². The largest absolute Gasteiger partial charge is 0.395 e. The Balaban J connectivity index is 1.77. The van der Waals surface area contributed by atoms with Gasteiger partial charge in [-0.3, -0.25) is 0 Å². The Labute approximate surface area is 120 Å². The Morgan fingerprint density at radius 3 is 3.15 bits per heavy atom. The third-order valence-electron chi connectivity index (χ3n) is 3.97. The van der Waals surface area contributed by atoms with Crippen LogP contribution in [-0.2, 0) is 0 Å². The molecule has 5 nitrogen and oxygen atoms in total. The zero-order chi connectivity index (χ0) is 14.4. The van der Waals surface area contributed by atoms with Crippen LogP contribution in [0.2, 0.25) is 0 Å². The molecule has 1 aliphatic heterocycles. The fourth-order valence-corrected chi connectivity index (χ4v) is 2.69. The van der Waals surface area contributed by atoms with Gasteiger partial charge in [0.1, 0.15) is 6.07 Å². The van der Waals surface area contributed by atoms with E-state index in [-0.39, 0.29) is 0 Å². The highest BCUT2D eigenvalue weighted by Gasteiger charge is 2.17. The molecule has 3 N–H and O–H groups in total. The number of nitriles is 1. The normalized spacial score (nSPS) is 19.5. The second-order valence-electron chi connectivity index (χ2n) is 5.39. The Kier molecular flexibility index (Phi) is 5.19. The van der Waals surface area contributed by atoms with Gasteiger partial charge in [0.05, 0.1) is 11.3 Å². The monoisotopic (exact) mass is 273 g/mol. The summed E-state index contributed by atoms with van der Waals surface area (Å²) in [4.78, 5) is 6.73. The van der Waals surface area contributed by atoms with Crippen LogP contribution in [0.15, 0.2) is 12.3 Å². The first-order valence-corrected chi connectivity index (χ1v) is 7.35. The minimum Gasteiger partial charge on any atom is -0.395 e. The molecule has 1 aromatic rings. The molecule has 0 radical (unpaired) electrons. The predicted octanol–water partition coefficient (Wildman–Crippen LogP) is 2.21. The van der Waals surface area contributed by atoms with E-state index in [4.69, 9.17) is 11.0 Å². The van der Waals surface area contributed by atoms with Gasteiger partial charge in [-0.15, -0.1) is 0 Å². The van der Waals surface area contributed by atoms with E-state index in [2.05, 4.69) is 28.2 Å². The van der Waals surface area contributed by atoms with Crippen LogP contribution >= 0.6 is 0 Å². The number of nitrogens with two attached hydrogens (primary N) is 1. The summed E-state index contributed by atoms with van der Waals surface area (Å²) >= 11 is 0. The third kappa shape index (κ3) is 3.61. The van der Waals surface area contributed by atoms with Crippen molar-refractivity contribution in [3.63, 3.8) is 0 Å². The molecule has 2 rings (SSSR count). The molecule has 1 aromatic heterocycles. The Morgan fingerprint density at radius 1 is 1.55 bits per heavy atom. The summed E-state index contributed by atoms with van der Waals surface area (Å²) in [5, 5.41) is 12.1. The topological polar surface area (TPSA) is 78.0 Å². The molecule has 0 aromatic carbocycles. The summed E-state index contributed by atoms with van der Waals surface area (Å²) in [7, 11) is 0. The summed E-state index contributed by atoms with van der Waals surface area (Å²) in [5.74, 6) is 0.621. The van der Waals surface area contributed by atoms with Crippen molar-refractivity contribution in [3.05, 3.63) is 17.8 Å². The van der Waals surface area contributed by atoms with Crippen molar-refractivity contribution in [1.29, 1.82) is 5.26 Å². The minimum absolute atomic E-state index is 0.446. The highest BCUT2D eigenvalue weighted by atomic mass is 15.2. The highest BCUT2D eigenvalue weighted by molar-refractivity contribution is 5.68. The zero-order valence-electron chi connectivity index (χ0n) is 12.1. The maximum Gasteiger partial charge on any atom is 0.150 e. The molecule has 1 unspecified atom stereocenters. The molecule has 1 aliphatic rings. The standard InChI is InChI=1S/C15H23N5/c1-12-5-2-3-9-20(12)10-4-7-18-15-14(17)13(11-16)6-8-19-15/h6,8,12H,2-5,7,9-10,17H2,1H3,(H,18,19). The van der Waals surface area contributed by atoms with E-state index in [1.54, 1.807) is 12.3 Å². The molecule has 0 amide bonds. The lowest BCUT2D eigenvalue weighted by Crippen LogP contribution is -2.38. The van der Waals surface area contributed by atoms with Gasteiger partial charge in [-0.1, -0.05) is 6.42 Å². The van der Waals surface area contributed by atoms with Gasteiger partial charge < -0.3 is 16.0 Å². The number of nitrogen functional groups attached to an aromatic ring is 1. The van der Waals surface area contributed by atoms with Gasteiger partial charge in [0.25, 0.3) is 0 Å². The van der Waals surface area contributed by atoms with Gasteiger partial charge in [0, 0.05) is 25.3 Å². The first-order chi connectivity index (χ1) is 9.72. The number of anilines is 2. The molecule has 0 aliphatic carbocycles. The van der Waals surface area contributed by atoms with Crippen LogP contribution in [0.25, 0.3) is 0 Å². The Hall–Kier alpha value is -1.80. The first kappa shape index (κ1) is 14.6. The molecule has 0 bridgehead atoms. The highest BCUT2D eigenvalue weighted by Crippen LogP contribution is 2.19. The third-order valence-corrected chi connectivity index (χ3v) is 3.97. The first-order valence-electron chi connectivity index (χ1n) is 7.35. The van der Waals surface area contributed by atoms with Crippen LogP contribution in [-0.4, -0.2) is 35.6 Å². The molecule has 2 heterocycles. The molecule has 5 heteroatoms. The molecular weight excluding hydrogens is 250 g/mol. The van der Waals surface area contributed by atoms with E-state index in [0.717, 1.165) is 19.5 Å². The molecule has 108 valence electrons. The van der Waals surface area contributed by atoms with Gasteiger partial charge in [0.2, 0.25) is 0 Å². The number of nitrogens with one attached hydrogen (secondary N) is 1. The summed E-state index contributed by atoms with van der Waals surface area (Å²) in [6, 6.07) is 4.41. The van der Waals surface area contributed by atoms with E-state index in [1.165, 1.54) is 25.8 Å². The molecule has 1 saturated heterocycles. The zero-order valence-corrected chi connectivity index (χ0v) is 12.1. The lowest BCUT2D eigenvalue weighted by Gasteiger charge is -2.33. The van der Waals surface area contributed by atoms with Crippen molar-refractivity contribution in [3.8, 4) is 6.07 Å². The van der Waals surface area contributed by atoms with Crippen LogP contribution in [0.3, 0.4) is 0 Å². The predicted molar refractivity (Wildman–Crippen MR) is 81.4 cm³/mol. The molecule has 0 spiro atoms. The number of piperidine rings is 1. The van der Waals surface area contributed by atoms with Gasteiger partial charge in [-0.05, 0) is 38.8 Å². The van der Waals surface area contributed by atoms with Crippen molar-refractivity contribution >= 4 is 11.5 Å². The van der Waals surface area contributed by atoms with Gasteiger partial charge in [-0.2, -0.15) is 5.26 Å². The van der Waals surface area contributed by atoms with Crippen LogP contribution in [0.5, 0.6) is 0 Å². The quantitative estimate of drug-likeness (QED) is 0.804. The summed E-state index contributed by atoms with van der Waals surface area (Å²) in [6.07, 6.45) is 6.66. The number of aromatic nitrogens is 1. The maximum atomic E-state index is 8.92. The van der Waals surface area contributed by atoms with Gasteiger partial charge >= 0.3 is 0 Å². The van der Waals surface area contributed by atoms with Gasteiger partial charge in [0.15, 0.2) is 5.82 Å². The van der Waals surface area contributed by atoms with Crippen molar-refractivity contribution in [2.45, 2.75) is 38.6 Å². The van der Waals surface area contributed by atoms with Crippen LogP contribution < -0.4 is 11.1 Å². The van der Waals surface area contributed by atoms with E-state index >= 15 is 0 Å². The number of likely N-dealkylation sites (tertiary alicyclic amines) is 1. The Bertz CT molecular complexity index is 480. The molecule has 0 saturated carbocycles. The number of hydrogen-bond acceptors (Lipinski definition) is 5. The SMILES string of the molecule is CC1CCCCN1CCCNc1nccc(C#N)c1N. The van der Waals surface area contributed by atoms with Crippen LogP contribution in [0, 0.1) is 11.3 Å². The van der Waals surface area contributed by atoms with Crippen molar-refractivity contribution in [2.75, 3.05) is 30.7 Å². The second kappa shape index (κ2) is 7.11. The average Bonchev–Trinajstić information content (AvgIpc) is 2.47. The fourth-order valence-electron chi connectivity index (χ4n) is 2.69. The van der Waals surface area contributed by atoms with E-state index < -0.39 is 0 Å². The minimum atomic E-state index is 0.446. The number of nitrogens with zero attached hydrogens (tertiary/aromatic N) is 3. The smallest absolute Gasteiger partial charge is 0.150 e. The maximum absolute atomic E-state index is 8.92. The fraction of sp³-hybridized carbons (Fsp3) is 0.600. The molecule has 1 fully saturated rings. The number of pyridine rings is 1. The summed E-state index contributed by atoms with van der Waals surface area (Å²) in [6.45, 7) is 5.45. The van der Waals surface area contributed by atoms with Crippen molar-refractivity contribution < 1.29 is 0 Å².